The number of fused-ring (bicyclic) bond motifs is 3. The van der Waals surface area contributed by atoms with Gasteiger partial charge in [0.25, 0.3) is 11.8 Å². The summed E-state index contributed by atoms with van der Waals surface area (Å²) in [6.45, 7) is 2.66. The Labute approximate surface area is 234 Å². The summed E-state index contributed by atoms with van der Waals surface area (Å²) in [5.74, 6) is -0.272. The van der Waals surface area contributed by atoms with Crippen LogP contribution in [0.25, 0.3) is 10.9 Å². The minimum absolute atomic E-state index is 0.105. The summed E-state index contributed by atoms with van der Waals surface area (Å²) in [6, 6.07) is 25.7. The van der Waals surface area contributed by atoms with Crippen molar-refractivity contribution in [2.75, 3.05) is 0 Å². The lowest BCUT2D eigenvalue weighted by Crippen LogP contribution is -2.63. The molecule has 6 heteroatoms. The normalized spacial score (nSPS) is 20.1. The Hall–Kier alpha value is -3.57. The highest BCUT2D eigenvalue weighted by atomic mass is 35.5. The van der Waals surface area contributed by atoms with Crippen molar-refractivity contribution in [1.82, 2.24) is 14.8 Å². The minimum Gasteiger partial charge on any atom is -0.351 e. The lowest BCUT2D eigenvalue weighted by molar-refractivity contribution is -0.136. The van der Waals surface area contributed by atoms with Gasteiger partial charge >= 0.3 is 0 Å². The van der Waals surface area contributed by atoms with Crippen LogP contribution in [-0.2, 0) is 23.4 Å². The van der Waals surface area contributed by atoms with Gasteiger partial charge in [-0.15, -0.1) is 0 Å². The number of carbonyl (C=O) groups is 2. The third-order valence-electron chi connectivity index (χ3n) is 8.42. The zero-order valence-electron chi connectivity index (χ0n) is 22.3. The van der Waals surface area contributed by atoms with E-state index in [0.29, 0.717) is 17.3 Å². The van der Waals surface area contributed by atoms with Gasteiger partial charge in [-0.25, -0.2) is 0 Å². The molecule has 1 N–H and O–H groups in total. The molecule has 1 aliphatic heterocycles. The Morgan fingerprint density at radius 2 is 1.72 bits per heavy atom. The average Bonchev–Trinajstić information content (AvgIpc) is 3.09. The number of hydrogen-bond acceptors (Lipinski definition) is 2. The van der Waals surface area contributed by atoms with Crippen molar-refractivity contribution >= 4 is 34.3 Å². The van der Waals surface area contributed by atoms with E-state index in [1.165, 1.54) is 12.8 Å². The Balaban J connectivity index is 1.54. The average molecular weight is 540 g/mol. The molecular formula is C33H34ClN3O2. The fraction of sp³-hybridized carbons (Fsp3) is 0.333. The van der Waals surface area contributed by atoms with Crippen molar-refractivity contribution in [2.45, 2.75) is 70.1 Å². The lowest BCUT2D eigenvalue weighted by atomic mass is 9.83. The van der Waals surface area contributed by atoms with E-state index in [4.69, 9.17) is 11.6 Å². The Morgan fingerprint density at radius 3 is 2.46 bits per heavy atom. The molecule has 3 aromatic carbocycles. The fourth-order valence-corrected chi connectivity index (χ4v) is 6.59. The molecule has 0 unspecified atom stereocenters. The van der Waals surface area contributed by atoms with Crippen LogP contribution in [0.2, 0.25) is 5.02 Å². The van der Waals surface area contributed by atoms with Crippen LogP contribution in [-0.4, -0.2) is 27.3 Å². The van der Waals surface area contributed by atoms with E-state index in [9.17, 15) is 9.59 Å². The molecule has 2 heterocycles. The number of nitrogens with zero attached hydrogens (tertiary/aromatic N) is 2. The van der Waals surface area contributed by atoms with E-state index in [1.54, 1.807) is 4.90 Å². The standard InChI is InChI=1S/C33H34ClN3O2/c1-23-16-17-25-20-30-31(38)37(21-24-10-9-13-27(34)19-24)33(22-36(30)29(25)18-23,26-11-5-4-6-12-26)32(39)35-28-14-7-2-3-8-15-28/h4-6,9-13,16-20,28H,2-3,7-8,14-15,21-22H2,1H3,(H,35,39)/t33-/m1/s1. The number of aryl methyl sites for hydroxylation is 1. The summed E-state index contributed by atoms with van der Waals surface area (Å²) < 4.78 is 2.05. The van der Waals surface area contributed by atoms with Crippen molar-refractivity contribution < 1.29 is 9.59 Å². The molecule has 0 spiro atoms. The first kappa shape index (κ1) is 25.7. The predicted molar refractivity (Wildman–Crippen MR) is 156 cm³/mol. The molecule has 39 heavy (non-hydrogen) atoms. The van der Waals surface area contributed by atoms with E-state index in [0.717, 1.165) is 53.3 Å². The van der Waals surface area contributed by atoms with Crippen molar-refractivity contribution in [3.05, 3.63) is 106 Å². The van der Waals surface area contributed by atoms with E-state index in [-0.39, 0.29) is 24.4 Å². The van der Waals surface area contributed by atoms with Crippen molar-refractivity contribution in [2.24, 2.45) is 0 Å². The Morgan fingerprint density at radius 1 is 0.949 bits per heavy atom. The summed E-state index contributed by atoms with van der Waals surface area (Å²) >= 11 is 6.36. The molecule has 2 aliphatic rings. The smallest absolute Gasteiger partial charge is 0.272 e. The molecule has 6 rings (SSSR count). The number of nitrogens with one attached hydrogen (secondary N) is 1. The number of halogens is 1. The van der Waals surface area contributed by atoms with E-state index in [1.807, 2.05) is 60.7 Å². The topological polar surface area (TPSA) is 54.3 Å². The minimum atomic E-state index is -1.23. The zero-order valence-corrected chi connectivity index (χ0v) is 23.1. The maximum absolute atomic E-state index is 14.7. The lowest BCUT2D eigenvalue weighted by Gasteiger charge is -2.47. The SMILES string of the molecule is Cc1ccc2cc3n(c2c1)C[C@](C(=O)NC1CCCCCC1)(c1ccccc1)N(Cc1cccc(Cl)c1)C3=O. The predicted octanol–water partition coefficient (Wildman–Crippen LogP) is 6.99. The maximum Gasteiger partial charge on any atom is 0.272 e. The van der Waals surface area contributed by atoms with Gasteiger partial charge in [-0.3, -0.25) is 9.59 Å². The third kappa shape index (κ3) is 4.74. The second-order valence-electron chi connectivity index (χ2n) is 11.1. The molecule has 1 aliphatic carbocycles. The van der Waals surface area contributed by atoms with Crippen LogP contribution >= 0.6 is 11.6 Å². The van der Waals surface area contributed by atoms with Gasteiger partial charge in [-0.1, -0.05) is 91.9 Å². The molecule has 4 aromatic rings. The molecule has 0 radical (unpaired) electrons. The van der Waals surface area contributed by atoms with Crippen LogP contribution < -0.4 is 5.32 Å². The molecule has 200 valence electrons. The molecule has 1 saturated carbocycles. The van der Waals surface area contributed by atoms with Crippen LogP contribution in [0.15, 0.2) is 78.9 Å². The number of aromatic nitrogens is 1. The summed E-state index contributed by atoms with van der Waals surface area (Å²) in [7, 11) is 0. The van der Waals surface area contributed by atoms with Gasteiger partial charge in [-0.05, 0) is 60.7 Å². The quantitative estimate of drug-likeness (QED) is 0.278. The Bertz CT molecular complexity index is 1520. The molecule has 5 nitrogen and oxygen atoms in total. The maximum atomic E-state index is 14.7. The molecule has 1 aromatic heterocycles. The first-order chi connectivity index (χ1) is 19.0. The molecule has 2 amide bonds. The van der Waals surface area contributed by atoms with Crippen LogP contribution in [0.1, 0.15) is 65.7 Å². The molecule has 0 saturated heterocycles. The van der Waals surface area contributed by atoms with Crippen molar-refractivity contribution in [3.8, 4) is 0 Å². The second-order valence-corrected chi connectivity index (χ2v) is 11.5. The highest BCUT2D eigenvalue weighted by Gasteiger charge is 2.52. The van der Waals surface area contributed by atoms with Gasteiger partial charge in [0, 0.05) is 28.5 Å². The summed E-state index contributed by atoms with van der Waals surface area (Å²) in [6.07, 6.45) is 6.56. The number of rotatable bonds is 5. The summed E-state index contributed by atoms with van der Waals surface area (Å²) in [4.78, 5) is 31.0. The highest BCUT2D eigenvalue weighted by molar-refractivity contribution is 6.30. The number of amides is 2. The van der Waals surface area contributed by atoms with Gasteiger partial charge in [0.1, 0.15) is 5.69 Å². The van der Waals surface area contributed by atoms with Crippen molar-refractivity contribution in [3.63, 3.8) is 0 Å². The van der Waals surface area contributed by atoms with Gasteiger partial charge in [0.2, 0.25) is 0 Å². The monoisotopic (exact) mass is 539 g/mol. The number of carbonyl (C=O) groups excluding carboxylic acids is 2. The van der Waals surface area contributed by atoms with Crippen LogP contribution in [0, 0.1) is 6.92 Å². The number of hydrogen-bond donors (Lipinski definition) is 1. The Kier molecular flexibility index (Phi) is 6.94. The second kappa shape index (κ2) is 10.5. The largest absolute Gasteiger partial charge is 0.351 e. The molecule has 0 bridgehead atoms. The fourth-order valence-electron chi connectivity index (χ4n) is 6.38. The van der Waals surface area contributed by atoms with Crippen LogP contribution in [0.5, 0.6) is 0 Å². The third-order valence-corrected chi connectivity index (χ3v) is 8.65. The van der Waals surface area contributed by atoms with Gasteiger partial charge in [0.05, 0.1) is 6.54 Å². The van der Waals surface area contributed by atoms with Crippen LogP contribution in [0.3, 0.4) is 0 Å². The number of benzene rings is 3. The van der Waals surface area contributed by atoms with Gasteiger partial charge < -0.3 is 14.8 Å². The molecule has 1 fully saturated rings. The zero-order chi connectivity index (χ0) is 27.0. The molecule has 1 atom stereocenters. The highest BCUT2D eigenvalue weighted by Crippen LogP contribution is 2.41. The van der Waals surface area contributed by atoms with Crippen LogP contribution in [0.4, 0.5) is 0 Å². The first-order valence-electron chi connectivity index (χ1n) is 14.0. The first-order valence-corrected chi connectivity index (χ1v) is 14.4. The summed E-state index contributed by atoms with van der Waals surface area (Å²) in [5.41, 5.74) is 3.17. The van der Waals surface area contributed by atoms with Crippen molar-refractivity contribution in [1.29, 1.82) is 0 Å². The van der Waals surface area contributed by atoms with E-state index >= 15 is 0 Å². The summed E-state index contributed by atoms with van der Waals surface area (Å²) in [5, 5.41) is 5.03. The van der Waals surface area contributed by atoms with Gasteiger partial charge in [-0.2, -0.15) is 0 Å². The van der Waals surface area contributed by atoms with E-state index < -0.39 is 5.54 Å². The molecular weight excluding hydrogens is 506 g/mol. The van der Waals surface area contributed by atoms with Gasteiger partial charge in [0.15, 0.2) is 5.54 Å². The van der Waals surface area contributed by atoms with E-state index in [2.05, 4.69) is 35.0 Å².